The molecule has 0 saturated carbocycles. The zero-order valence-electron chi connectivity index (χ0n) is 12.2. The summed E-state index contributed by atoms with van der Waals surface area (Å²) < 4.78 is 5.87. The second-order valence-electron chi connectivity index (χ2n) is 6.22. The summed E-state index contributed by atoms with van der Waals surface area (Å²) >= 11 is 0. The van der Waals surface area contributed by atoms with Crippen molar-refractivity contribution in [2.45, 2.75) is 38.9 Å². The molecule has 0 aliphatic carbocycles. The van der Waals surface area contributed by atoms with Crippen LogP contribution in [0.5, 0.6) is 5.75 Å². The van der Waals surface area contributed by atoms with Crippen LogP contribution in [0.1, 0.15) is 42.2 Å². The van der Waals surface area contributed by atoms with Crippen molar-refractivity contribution in [3.63, 3.8) is 0 Å². The van der Waals surface area contributed by atoms with Gasteiger partial charge in [0.05, 0.1) is 0 Å². The molecule has 0 radical (unpaired) electrons. The lowest BCUT2D eigenvalue weighted by molar-refractivity contribution is 0.138. The summed E-state index contributed by atoms with van der Waals surface area (Å²) in [5, 5.41) is 10.5. The predicted octanol–water partition coefficient (Wildman–Crippen LogP) is 3.79. The molecule has 1 atom stereocenters. The molecule has 1 aliphatic heterocycles. The molecular formula is C18H20O2. The molecule has 0 fully saturated rings. The number of hydrogen-bond acceptors (Lipinski definition) is 2. The molecule has 2 aromatic carbocycles. The maximum Gasteiger partial charge on any atom is 0.123 e. The van der Waals surface area contributed by atoms with Gasteiger partial charge in [-0.2, -0.15) is 0 Å². The van der Waals surface area contributed by atoms with E-state index in [0.717, 1.165) is 28.9 Å². The predicted molar refractivity (Wildman–Crippen MR) is 80.1 cm³/mol. The van der Waals surface area contributed by atoms with Crippen molar-refractivity contribution in [2.75, 3.05) is 0 Å². The molecular weight excluding hydrogens is 248 g/mol. The number of fused-ring (bicyclic) bond motifs is 1. The summed E-state index contributed by atoms with van der Waals surface area (Å²) in [4.78, 5) is 0. The molecule has 0 amide bonds. The standard InChI is InChI=1S/C18H20O2/c1-12-5-4-6-13(9-12)17(19)14-7-8-16-15(10-14)11-18(2,3)20-16/h4-10,17,19H,11H2,1-3H3. The first-order chi connectivity index (χ1) is 9.44. The van der Waals surface area contributed by atoms with E-state index in [4.69, 9.17) is 4.74 Å². The van der Waals surface area contributed by atoms with Crippen LogP contribution in [0.15, 0.2) is 42.5 Å². The van der Waals surface area contributed by atoms with Gasteiger partial charge in [0.15, 0.2) is 0 Å². The number of aryl methyl sites for hydroxylation is 1. The van der Waals surface area contributed by atoms with E-state index in [0.29, 0.717) is 0 Å². The maximum absolute atomic E-state index is 10.5. The van der Waals surface area contributed by atoms with Gasteiger partial charge in [-0.15, -0.1) is 0 Å². The van der Waals surface area contributed by atoms with E-state index in [1.165, 1.54) is 5.56 Å². The molecule has 3 rings (SSSR count). The van der Waals surface area contributed by atoms with Crippen LogP contribution in [-0.4, -0.2) is 10.7 Å². The Kier molecular flexibility index (Phi) is 3.06. The quantitative estimate of drug-likeness (QED) is 0.898. The number of aliphatic hydroxyl groups excluding tert-OH is 1. The van der Waals surface area contributed by atoms with Gasteiger partial charge in [-0.25, -0.2) is 0 Å². The fourth-order valence-corrected chi connectivity index (χ4v) is 2.83. The van der Waals surface area contributed by atoms with E-state index in [1.54, 1.807) is 0 Å². The second kappa shape index (κ2) is 4.64. The van der Waals surface area contributed by atoms with Crippen molar-refractivity contribution in [1.82, 2.24) is 0 Å². The van der Waals surface area contributed by atoms with E-state index < -0.39 is 6.10 Å². The van der Waals surface area contributed by atoms with Gasteiger partial charge in [-0.1, -0.05) is 35.9 Å². The number of aliphatic hydroxyl groups is 1. The lowest BCUT2D eigenvalue weighted by Gasteiger charge is -2.16. The molecule has 2 heteroatoms. The first kappa shape index (κ1) is 13.2. The highest BCUT2D eigenvalue weighted by Crippen LogP contribution is 2.37. The normalized spacial score (nSPS) is 17.4. The van der Waals surface area contributed by atoms with Gasteiger partial charge in [-0.3, -0.25) is 0 Å². The lowest BCUT2D eigenvalue weighted by atomic mass is 9.95. The number of hydrogen-bond donors (Lipinski definition) is 1. The molecule has 20 heavy (non-hydrogen) atoms. The zero-order chi connectivity index (χ0) is 14.3. The van der Waals surface area contributed by atoms with Gasteiger partial charge in [0.25, 0.3) is 0 Å². The summed E-state index contributed by atoms with van der Waals surface area (Å²) in [6.07, 6.45) is 0.306. The summed E-state index contributed by atoms with van der Waals surface area (Å²) in [5.74, 6) is 0.940. The largest absolute Gasteiger partial charge is 0.487 e. The average Bonchev–Trinajstić information content (AvgIpc) is 2.70. The SMILES string of the molecule is Cc1cccc(C(O)c2ccc3c(c2)CC(C)(C)O3)c1. The molecule has 104 valence electrons. The van der Waals surface area contributed by atoms with Gasteiger partial charge in [0.1, 0.15) is 17.5 Å². The fraction of sp³-hybridized carbons (Fsp3) is 0.333. The maximum atomic E-state index is 10.5. The van der Waals surface area contributed by atoms with E-state index in [9.17, 15) is 5.11 Å². The van der Waals surface area contributed by atoms with Gasteiger partial charge in [0.2, 0.25) is 0 Å². The number of ether oxygens (including phenoxy) is 1. The number of benzene rings is 2. The number of rotatable bonds is 2. The highest BCUT2D eigenvalue weighted by atomic mass is 16.5. The Morgan fingerprint density at radius 2 is 1.85 bits per heavy atom. The minimum Gasteiger partial charge on any atom is -0.487 e. The molecule has 0 spiro atoms. The molecule has 1 aliphatic rings. The fourth-order valence-electron chi connectivity index (χ4n) is 2.83. The zero-order valence-corrected chi connectivity index (χ0v) is 12.2. The molecule has 0 aromatic heterocycles. The van der Waals surface area contributed by atoms with Crippen LogP contribution in [-0.2, 0) is 6.42 Å². The third-order valence-corrected chi connectivity index (χ3v) is 3.76. The Bertz CT molecular complexity index is 644. The molecule has 2 aromatic rings. The molecule has 0 saturated heterocycles. The summed E-state index contributed by atoms with van der Waals surface area (Å²) in [5.41, 5.74) is 4.06. The Balaban J connectivity index is 1.93. The summed E-state index contributed by atoms with van der Waals surface area (Å²) in [6.45, 7) is 6.21. The van der Waals surface area contributed by atoms with E-state index >= 15 is 0 Å². The molecule has 2 nitrogen and oxygen atoms in total. The second-order valence-corrected chi connectivity index (χ2v) is 6.22. The Hall–Kier alpha value is -1.80. The van der Waals surface area contributed by atoms with Gasteiger partial charge in [-0.05, 0) is 49.6 Å². The molecule has 1 unspecified atom stereocenters. The Morgan fingerprint density at radius 3 is 2.60 bits per heavy atom. The third-order valence-electron chi connectivity index (χ3n) is 3.76. The Labute approximate surface area is 120 Å². The molecule has 0 bridgehead atoms. The van der Waals surface area contributed by atoms with E-state index in [2.05, 4.69) is 19.9 Å². The van der Waals surface area contributed by atoms with Crippen molar-refractivity contribution in [2.24, 2.45) is 0 Å². The van der Waals surface area contributed by atoms with Crippen LogP contribution in [0.3, 0.4) is 0 Å². The average molecular weight is 268 g/mol. The van der Waals surface area contributed by atoms with Crippen molar-refractivity contribution >= 4 is 0 Å². The van der Waals surface area contributed by atoms with Crippen molar-refractivity contribution in [1.29, 1.82) is 0 Å². The van der Waals surface area contributed by atoms with Crippen molar-refractivity contribution in [3.8, 4) is 5.75 Å². The van der Waals surface area contributed by atoms with Gasteiger partial charge in [0, 0.05) is 6.42 Å². The lowest BCUT2D eigenvalue weighted by Crippen LogP contribution is -2.24. The summed E-state index contributed by atoms with van der Waals surface area (Å²) in [7, 11) is 0. The first-order valence-corrected chi connectivity index (χ1v) is 7.01. The van der Waals surface area contributed by atoms with E-state index in [1.807, 2.05) is 43.3 Å². The molecule has 1 heterocycles. The highest BCUT2D eigenvalue weighted by molar-refractivity contribution is 5.44. The highest BCUT2D eigenvalue weighted by Gasteiger charge is 2.30. The van der Waals surface area contributed by atoms with Crippen LogP contribution in [0, 0.1) is 6.92 Å². The van der Waals surface area contributed by atoms with Crippen LogP contribution in [0.4, 0.5) is 0 Å². The first-order valence-electron chi connectivity index (χ1n) is 7.01. The van der Waals surface area contributed by atoms with Gasteiger partial charge < -0.3 is 9.84 Å². The van der Waals surface area contributed by atoms with Crippen molar-refractivity contribution in [3.05, 3.63) is 64.7 Å². The van der Waals surface area contributed by atoms with Crippen molar-refractivity contribution < 1.29 is 9.84 Å². The van der Waals surface area contributed by atoms with Crippen LogP contribution in [0.25, 0.3) is 0 Å². The molecule has 1 N–H and O–H groups in total. The minimum atomic E-state index is -0.580. The van der Waals surface area contributed by atoms with Crippen LogP contribution < -0.4 is 4.74 Å². The minimum absolute atomic E-state index is 0.144. The third kappa shape index (κ3) is 2.44. The monoisotopic (exact) mass is 268 g/mol. The topological polar surface area (TPSA) is 29.5 Å². The van der Waals surface area contributed by atoms with E-state index in [-0.39, 0.29) is 5.60 Å². The smallest absolute Gasteiger partial charge is 0.123 e. The van der Waals surface area contributed by atoms with Crippen LogP contribution in [0.2, 0.25) is 0 Å². The summed E-state index contributed by atoms with van der Waals surface area (Å²) in [6, 6.07) is 14.0. The Morgan fingerprint density at radius 1 is 1.10 bits per heavy atom. The van der Waals surface area contributed by atoms with Crippen LogP contribution >= 0.6 is 0 Å². The van der Waals surface area contributed by atoms with Gasteiger partial charge >= 0.3 is 0 Å².